The zero-order chi connectivity index (χ0) is 40.2. The van der Waals surface area contributed by atoms with Crippen molar-refractivity contribution in [2.45, 2.75) is 0 Å². The molecule has 0 aliphatic rings. The van der Waals surface area contributed by atoms with Crippen LogP contribution in [0.4, 0.5) is 17.3 Å². The molecular weight excluding hydrogens is 940 g/mol. The molecule has 0 fully saturated rings. The maximum Gasteiger partial charge on any atom is 2.00 e. The second kappa shape index (κ2) is 24.7. The zero-order valence-corrected chi connectivity index (χ0v) is 35.6. The fourth-order valence-electron chi connectivity index (χ4n) is 5.45. The average molecular weight is 984 g/mol. The minimum atomic E-state index is -6.00. The molecule has 7 rings (SSSR count). The van der Waals surface area contributed by atoms with E-state index < -0.39 is 23.1 Å². The van der Waals surface area contributed by atoms with Crippen molar-refractivity contribution in [2.75, 3.05) is 14.2 Å². The summed E-state index contributed by atoms with van der Waals surface area (Å²) in [6, 6.07) is 70.2. The van der Waals surface area contributed by atoms with E-state index in [0.717, 1.165) is 22.6 Å². The normalized spacial score (nSPS) is 10.2. The number of rotatable bonds is 9. The van der Waals surface area contributed by atoms with Crippen LogP contribution in [-0.4, -0.2) is 21.5 Å². The standard InChI is InChI=1S/2C18H15P.C11H13O2.BF4.Pt/c2*1-4-10-16(11-5-1)19(17-12-6-2-7-13-17)18-14-8-3-9-15-18;1-8(2)10-6-5-9(12-3)7-11(10)13-4;2-1(3,4)5;/h2*1-15H;5-7H,1-2H2,3-4H3;;/q;;2*-1;+2. The minimum Gasteiger partial charge on any atom is -0.509 e. The van der Waals surface area contributed by atoms with E-state index in [-0.39, 0.29) is 21.1 Å². The third-order valence-electron chi connectivity index (χ3n) is 7.88. The Balaban J connectivity index is 0.000000218. The summed E-state index contributed by atoms with van der Waals surface area (Å²) in [5.74, 6) is 1.50. The molecule has 0 N–H and O–H groups in total. The molecule has 294 valence electrons. The maximum atomic E-state index is 9.75. The molecule has 0 aromatic heterocycles. The summed E-state index contributed by atoms with van der Waals surface area (Å²) in [7, 11) is -3.66. The molecule has 7 aromatic carbocycles. The third kappa shape index (κ3) is 15.9. The molecule has 0 aliphatic carbocycles. The van der Waals surface area contributed by atoms with Gasteiger partial charge in [0.05, 0.1) is 20.0 Å². The predicted molar refractivity (Wildman–Crippen MR) is 234 cm³/mol. The fraction of sp³-hybridized carbons (Fsp3) is 0.0426. The van der Waals surface area contributed by atoms with E-state index in [1.54, 1.807) is 14.2 Å². The topological polar surface area (TPSA) is 18.5 Å². The molecule has 0 spiro atoms. The number of ether oxygens (including phenoxy) is 2. The first kappa shape index (κ1) is 46.5. The Bertz CT molecular complexity index is 1840. The van der Waals surface area contributed by atoms with Crippen LogP contribution in [0.5, 0.6) is 11.5 Å². The van der Waals surface area contributed by atoms with Gasteiger partial charge < -0.3 is 26.7 Å². The van der Waals surface area contributed by atoms with Gasteiger partial charge in [-0.15, -0.1) is 6.07 Å². The van der Waals surface area contributed by atoms with Crippen LogP contribution < -0.4 is 41.3 Å². The second-order valence-corrected chi connectivity index (χ2v) is 16.3. The number of methoxy groups -OCH3 is 2. The van der Waals surface area contributed by atoms with Gasteiger partial charge in [-0.25, -0.2) is 0 Å². The molecule has 0 heterocycles. The van der Waals surface area contributed by atoms with E-state index in [0.29, 0.717) is 0 Å². The molecular formula is C47H43BF4O2P2Pt. The van der Waals surface area contributed by atoms with Crippen LogP contribution in [0.25, 0.3) is 5.57 Å². The molecule has 0 bridgehead atoms. The van der Waals surface area contributed by atoms with Gasteiger partial charge in [0.15, 0.2) is 0 Å². The molecule has 0 atom stereocenters. The van der Waals surface area contributed by atoms with E-state index in [9.17, 15) is 17.3 Å². The fourth-order valence-corrected chi connectivity index (χ4v) is 10.1. The van der Waals surface area contributed by atoms with Crippen LogP contribution >= 0.6 is 15.8 Å². The third-order valence-corrected chi connectivity index (χ3v) is 12.8. The van der Waals surface area contributed by atoms with Crippen molar-refractivity contribution in [3.8, 4) is 11.5 Å². The summed E-state index contributed by atoms with van der Waals surface area (Å²) in [6.07, 6.45) is 0. The van der Waals surface area contributed by atoms with Crippen LogP contribution in [0.3, 0.4) is 0 Å². The Morgan fingerprint density at radius 1 is 0.456 bits per heavy atom. The number of allylic oxidation sites excluding steroid dienone is 1. The zero-order valence-electron chi connectivity index (χ0n) is 31.6. The molecule has 2 nitrogen and oxygen atoms in total. The van der Waals surface area contributed by atoms with Crippen molar-refractivity contribution >= 4 is 60.5 Å². The first-order valence-electron chi connectivity index (χ1n) is 17.6. The summed E-state index contributed by atoms with van der Waals surface area (Å²) in [5, 5.41) is 8.39. The summed E-state index contributed by atoms with van der Waals surface area (Å²) >= 11 is 0. The predicted octanol–water partition coefficient (Wildman–Crippen LogP) is 10.7. The van der Waals surface area contributed by atoms with Gasteiger partial charge in [-0.2, -0.15) is 19.1 Å². The first-order chi connectivity index (χ1) is 27.1. The van der Waals surface area contributed by atoms with Crippen LogP contribution in [0.1, 0.15) is 5.56 Å². The molecule has 0 radical (unpaired) electrons. The van der Waals surface area contributed by atoms with Gasteiger partial charge in [-0.05, 0) is 53.7 Å². The van der Waals surface area contributed by atoms with Crippen LogP contribution in [0.15, 0.2) is 207 Å². The first-order valence-corrected chi connectivity index (χ1v) is 20.3. The maximum absolute atomic E-state index is 9.75. The van der Waals surface area contributed by atoms with E-state index in [4.69, 9.17) is 9.47 Å². The van der Waals surface area contributed by atoms with Gasteiger partial charge in [-0.1, -0.05) is 188 Å². The quantitative estimate of drug-likeness (QED) is 0.0621. The largest absolute Gasteiger partial charge is 2.00 e. The number of halogens is 4. The molecule has 7 aromatic rings. The molecule has 0 saturated heterocycles. The summed E-state index contributed by atoms with van der Waals surface area (Å²) < 4.78 is 49.2. The molecule has 10 heteroatoms. The van der Waals surface area contributed by atoms with E-state index in [1.165, 1.54) is 31.8 Å². The Labute approximate surface area is 351 Å². The van der Waals surface area contributed by atoms with Crippen molar-refractivity contribution in [3.63, 3.8) is 0 Å². The average Bonchev–Trinajstić information content (AvgIpc) is 3.23. The Kier molecular flexibility index (Phi) is 20.1. The summed E-state index contributed by atoms with van der Waals surface area (Å²) in [4.78, 5) is 0. The summed E-state index contributed by atoms with van der Waals surface area (Å²) in [5.41, 5.74) is 1.64. The Morgan fingerprint density at radius 3 is 0.895 bits per heavy atom. The monoisotopic (exact) mass is 983 g/mol. The Hall–Kier alpha value is -4.92. The molecule has 0 aliphatic heterocycles. The Morgan fingerprint density at radius 2 is 0.702 bits per heavy atom. The van der Waals surface area contributed by atoms with Crippen molar-refractivity contribution in [3.05, 3.63) is 219 Å². The van der Waals surface area contributed by atoms with Gasteiger partial charge in [0.25, 0.3) is 0 Å². The van der Waals surface area contributed by atoms with E-state index in [1.807, 2.05) is 18.2 Å². The molecule has 0 unspecified atom stereocenters. The minimum absolute atomic E-state index is 0. The van der Waals surface area contributed by atoms with E-state index in [2.05, 4.69) is 195 Å². The van der Waals surface area contributed by atoms with Crippen molar-refractivity contribution in [1.82, 2.24) is 0 Å². The van der Waals surface area contributed by atoms with Gasteiger partial charge in [0.1, 0.15) is 5.75 Å². The SMILES string of the molecule is C=C([CH2-])c1ccc(OC)cc1OC.F[B-](F)(F)F.[Pt+2].c1ccc(P(c2ccccc2)c2ccccc2)cc1.c1ccc(P(c2ccccc2)c2ccccc2)cc1. The van der Waals surface area contributed by atoms with E-state index >= 15 is 0 Å². The van der Waals surface area contributed by atoms with Gasteiger partial charge in [0.2, 0.25) is 0 Å². The van der Waals surface area contributed by atoms with Gasteiger partial charge in [-0.3, -0.25) is 0 Å². The van der Waals surface area contributed by atoms with Crippen LogP contribution in [0.2, 0.25) is 0 Å². The van der Waals surface area contributed by atoms with Gasteiger partial charge >= 0.3 is 28.3 Å². The van der Waals surface area contributed by atoms with Crippen molar-refractivity contribution in [1.29, 1.82) is 0 Å². The molecule has 57 heavy (non-hydrogen) atoms. The van der Waals surface area contributed by atoms with Gasteiger partial charge in [0, 0.05) is 6.07 Å². The van der Waals surface area contributed by atoms with Crippen molar-refractivity contribution in [2.24, 2.45) is 0 Å². The molecule has 0 amide bonds. The smallest absolute Gasteiger partial charge is 0.509 e. The van der Waals surface area contributed by atoms with Crippen molar-refractivity contribution < 1.29 is 47.8 Å². The summed E-state index contributed by atoms with van der Waals surface area (Å²) in [6.45, 7) is 7.52. The molecule has 0 saturated carbocycles. The number of hydrogen-bond donors (Lipinski definition) is 0. The van der Waals surface area contributed by atoms with Crippen LogP contribution in [-0.2, 0) is 21.1 Å². The second-order valence-electron chi connectivity index (χ2n) is 11.8. The number of hydrogen-bond acceptors (Lipinski definition) is 2. The number of benzene rings is 7. The van der Waals surface area contributed by atoms with Crippen LogP contribution in [0, 0.1) is 6.92 Å².